The molecule has 2 heterocycles. The summed E-state index contributed by atoms with van der Waals surface area (Å²) in [4.78, 5) is 12.5. The maximum absolute atomic E-state index is 12.5. The van der Waals surface area contributed by atoms with Crippen LogP contribution in [0.15, 0.2) is 48.5 Å². The lowest BCUT2D eigenvalue weighted by Gasteiger charge is -2.25. The number of nitrogens with zero attached hydrogens (tertiary/aromatic N) is 4. The summed E-state index contributed by atoms with van der Waals surface area (Å²) in [5.41, 5.74) is 1.43. The number of rotatable bonds is 3. The molecule has 0 saturated heterocycles. The third-order valence-electron chi connectivity index (χ3n) is 3.81. The van der Waals surface area contributed by atoms with Gasteiger partial charge in [-0.25, -0.2) is 4.68 Å². The summed E-state index contributed by atoms with van der Waals surface area (Å²) in [5.74, 6) is 1.54. The highest BCUT2D eigenvalue weighted by molar-refractivity contribution is 5.95. The van der Waals surface area contributed by atoms with Crippen molar-refractivity contribution < 1.29 is 14.3 Å². The maximum atomic E-state index is 12.5. The molecule has 0 spiro atoms. The van der Waals surface area contributed by atoms with E-state index in [2.05, 4.69) is 20.8 Å². The molecule has 3 aromatic rings. The van der Waals surface area contributed by atoms with E-state index in [1.54, 1.807) is 29.9 Å². The van der Waals surface area contributed by atoms with Crippen LogP contribution in [0, 0.1) is 0 Å². The molecule has 126 valence electrons. The normalized spacial score (nSPS) is 15.6. The smallest absolute Gasteiger partial charge is 0.269 e. The van der Waals surface area contributed by atoms with E-state index in [0.29, 0.717) is 23.0 Å². The van der Waals surface area contributed by atoms with Crippen LogP contribution in [0.2, 0.25) is 0 Å². The molecule has 1 unspecified atom stereocenters. The minimum atomic E-state index is -0.713. The number of tetrazole rings is 1. The second-order valence-electron chi connectivity index (χ2n) is 5.56. The average Bonchev–Trinajstić information content (AvgIpc) is 3.07. The van der Waals surface area contributed by atoms with Crippen molar-refractivity contribution in [1.29, 1.82) is 0 Å². The molecule has 1 aliphatic rings. The Kier molecular flexibility index (Phi) is 3.77. The van der Waals surface area contributed by atoms with E-state index in [1.807, 2.05) is 30.3 Å². The van der Waals surface area contributed by atoms with E-state index < -0.39 is 6.10 Å². The number of carbonyl (C=O) groups is 1. The minimum absolute atomic E-state index is 0.162. The van der Waals surface area contributed by atoms with Crippen LogP contribution in [0.25, 0.3) is 11.4 Å². The summed E-state index contributed by atoms with van der Waals surface area (Å²) >= 11 is 0. The van der Waals surface area contributed by atoms with Gasteiger partial charge in [0.15, 0.2) is 17.3 Å². The number of ether oxygens (including phenoxy) is 2. The number of amides is 1. The maximum Gasteiger partial charge on any atom is 0.269 e. The fraction of sp³-hybridized carbons (Fsp3) is 0.176. The molecule has 25 heavy (non-hydrogen) atoms. The molecule has 0 bridgehead atoms. The van der Waals surface area contributed by atoms with Gasteiger partial charge in [0.2, 0.25) is 6.10 Å². The van der Waals surface area contributed by atoms with Crippen LogP contribution in [0.3, 0.4) is 0 Å². The Bertz CT molecular complexity index is 924. The summed E-state index contributed by atoms with van der Waals surface area (Å²) in [6, 6.07) is 14.6. The molecule has 1 aliphatic heterocycles. The number of aromatic nitrogens is 4. The first-order valence-electron chi connectivity index (χ1n) is 7.73. The van der Waals surface area contributed by atoms with Crippen LogP contribution in [-0.2, 0) is 11.8 Å². The van der Waals surface area contributed by atoms with Gasteiger partial charge in [-0.2, -0.15) is 0 Å². The van der Waals surface area contributed by atoms with Gasteiger partial charge in [0.05, 0.1) is 0 Å². The van der Waals surface area contributed by atoms with Crippen molar-refractivity contribution in [3.63, 3.8) is 0 Å². The van der Waals surface area contributed by atoms with Crippen molar-refractivity contribution in [2.75, 3.05) is 11.9 Å². The van der Waals surface area contributed by atoms with Crippen LogP contribution in [-0.4, -0.2) is 38.8 Å². The Morgan fingerprint density at radius 3 is 2.84 bits per heavy atom. The van der Waals surface area contributed by atoms with Crippen LogP contribution < -0.4 is 14.8 Å². The molecular formula is C17H15N5O3. The highest BCUT2D eigenvalue weighted by atomic mass is 16.6. The molecule has 0 fully saturated rings. The van der Waals surface area contributed by atoms with Gasteiger partial charge in [-0.1, -0.05) is 24.3 Å². The molecule has 4 rings (SSSR count). The molecule has 1 amide bonds. The molecule has 1 aromatic heterocycles. The Morgan fingerprint density at radius 2 is 2.04 bits per heavy atom. The largest absolute Gasteiger partial charge is 0.485 e. The van der Waals surface area contributed by atoms with E-state index in [9.17, 15) is 4.79 Å². The first-order valence-corrected chi connectivity index (χ1v) is 7.73. The number of benzene rings is 2. The zero-order chi connectivity index (χ0) is 17.2. The fourth-order valence-corrected chi connectivity index (χ4v) is 2.58. The third kappa shape index (κ3) is 3.01. The second kappa shape index (κ2) is 6.23. The number of hydrogen-bond donors (Lipinski definition) is 1. The van der Waals surface area contributed by atoms with Gasteiger partial charge in [0, 0.05) is 18.3 Å². The minimum Gasteiger partial charge on any atom is -0.485 e. The van der Waals surface area contributed by atoms with Crippen molar-refractivity contribution in [2.45, 2.75) is 6.10 Å². The van der Waals surface area contributed by atoms with Crippen molar-refractivity contribution in [2.24, 2.45) is 7.05 Å². The molecule has 1 N–H and O–H groups in total. The van der Waals surface area contributed by atoms with Gasteiger partial charge in [-0.15, -0.1) is 5.10 Å². The molecular weight excluding hydrogens is 322 g/mol. The van der Waals surface area contributed by atoms with E-state index >= 15 is 0 Å². The lowest BCUT2D eigenvalue weighted by molar-refractivity contribution is -0.125. The Labute approximate surface area is 143 Å². The zero-order valence-electron chi connectivity index (χ0n) is 13.4. The summed E-state index contributed by atoms with van der Waals surface area (Å²) in [6.45, 7) is 0.162. The number of carbonyl (C=O) groups excluding carboxylic acids is 1. The van der Waals surface area contributed by atoms with E-state index in [0.717, 1.165) is 5.56 Å². The lowest BCUT2D eigenvalue weighted by atomic mass is 10.2. The molecule has 1 atom stereocenters. The van der Waals surface area contributed by atoms with E-state index in [4.69, 9.17) is 9.47 Å². The fourth-order valence-electron chi connectivity index (χ4n) is 2.58. The Balaban J connectivity index is 1.49. The number of anilines is 1. The average molecular weight is 337 g/mol. The van der Waals surface area contributed by atoms with E-state index in [-0.39, 0.29) is 12.5 Å². The highest BCUT2D eigenvalue weighted by Gasteiger charge is 2.27. The number of fused-ring (bicyclic) bond motifs is 1. The van der Waals surface area contributed by atoms with Crippen molar-refractivity contribution in [1.82, 2.24) is 20.2 Å². The number of hydrogen-bond acceptors (Lipinski definition) is 6. The van der Waals surface area contributed by atoms with Crippen molar-refractivity contribution in [3.8, 4) is 22.9 Å². The molecule has 0 saturated carbocycles. The summed E-state index contributed by atoms with van der Waals surface area (Å²) in [6.07, 6.45) is -0.713. The first-order chi connectivity index (χ1) is 12.2. The monoisotopic (exact) mass is 337 g/mol. The van der Waals surface area contributed by atoms with Crippen LogP contribution in [0.5, 0.6) is 11.5 Å². The molecule has 8 heteroatoms. The van der Waals surface area contributed by atoms with Crippen LogP contribution in [0.1, 0.15) is 0 Å². The third-order valence-corrected chi connectivity index (χ3v) is 3.81. The number of nitrogens with one attached hydrogen (secondary N) is 1. The summed E-state index contributed by atoms with van der Waals surface area (Å²) in [5, 5.41) is 14.2. The molecule has 2 aromatic carbocycles. The molecule has 8 nitrogen and oxygen atoms in total. The van der Waals surface area contributed by atoms with Crippen LogP contribution >= 0.6 is 0 Å². The van der Waals surface area contributed by atoms with Gasteiger partial charge in [0.25, 0.3) is 5.91 Å². The molecule has 0 radical (unpaired) electrons. The standard InChI is InChI=1S/C17H15N5O3/c1-22-16(19-20-21-22)11-5-4-6-12(9-11)18-17(23)15-10-24-13-7-2-3-8-14(13)25-15/h2-9,15H,10H2,1H3,(H,18,23). The van der Waals surface area contributed by atoms with Crippen molar-refractivity contribution >= 4 is 11.6 Å². The topological polar surface area (TPSA) is 91.2 Å². The van der Waals surface area contributed by atoms with Gasteiger partial charge in [-0.3, -0.25) is 4.79 Å². The first kappa shape index (κ1) is 15.1. The Morgan fingerprint density at radius 1 is 1.20 bits per heavy atom. The summed E-state index contributed by atoms with van der Waals surface area (Å²) < 4.78 is 12.9. The van der Waals surface area contributed by atoms with Gasteiger partial charge < -0.3 is 14.8 Å². The predicted octanol–water partition coefficient (Wildman–Crippen LogP) is 1.66. The zero-order valence-corrected chi connectivity index (χ0v) is 13.4. The van der Waals surface area contributed by atoms with Gasteiger partial charge >= 0.3 is 0 Å². The van der Waals surface area contributed by atoms with Gasteiger partial charge in [-0.05, 0) is 34.7 Å². The quantitative estimate of drug-likeness (QED) is 0.781. The molecule has 0 aliphatic carbocycles. The SMILES string of the molecule is Cn1nnnc1-c1cccc(NC(=O)C2COc3ccccc3O2)c1. The van der Waals surface area contributed by atoms with Gasteiger partial charge in [0.1, 0.15) is 6.61 Å². The Hall–Kier alpha value is -3.42. The van der Waals surface area contributed by atoms with Crippen molar-refractivity contribution in [3.05, 3.63) is 48.5 Å². The summed E-state index contributed by atoms with van der Waals surface area (Å²) in [7, 11) is 1.76. The second-order valence-corrected chi connectivity index (χ2v) is 5.56. The highest BCUT2D eigenvalue weighted by Crippen LogP contribution is 2.31. The number of para-hydroxylation sites is 2. The number of aryl methyl sites for hydroxylation is 1. The van der Waals surface area contributed by atoms with E-state index in [1.165, 1.54) is 0 Å². The predicted molar refractivity (Wildman–Crippen MR) is 89.2 cm³/mol. The van der Waals surface area contributed by atoms with Crippen LogP contribution in [0.4, 0.5) is 5.69 Å². The lowest BCUT2D eigenvalue weighted by Crippen LogP contribution is -2.40.